The summed E-state index contributed by atoms with van der Waals surface area (Å²) in [5.74, 6) is 5.60. The van der Waals surface area contributed by atoms with Gasteiger partial charge in [-0.1, -0.05) is 0 Å². The predicted molar refractivity (Wildman–Crippen MR) is 66.5 cm³/mol. The van der Waals surface area contributed by atoms with Crippen LogP contribution in [-0.4, -0.2) is 22.4 Å². The van der Waals surface area contributed by atoms with E-state index in [0.717, 1.165) is 11.0 Å². The molecule has 1 aromatic heterocycles. The third-order valence-corrected chi connectivity index (χ3v) is 2.39. The van der Waals surface area contributed by atoms with Crippen LogP contribution in [0.25, 0.3) is 11.0 Å². The molecule has 1 heterocycles. The summed E-state index contributed by atoms with van der Waals surface area (Å²) in [7, 11) is 0. The van der Waals surface area contributed by atoms with E-state index < -0.39 is 0 Å². The SMILES string of the molecule is CC#CCCNC(=O)c1ccc2nc[nH]c2c1. The van der Waals surface area contributed by atoms with Gasteiger partial charge in [0.25, 0.3) is 5.91 Å². The van der Waals surface area contributed by atoms with Crippen LogP contribution in [0.3, 0.4) is 0 Å². The lowest BCUT2D eigenvalue weighted by atomic mass is 10.2. The molecule has 0 aliphatic carbocycles. The van der Waals surface area contributed by atoms with Gasteiger partial charge in [0, 0.05) is 18.5 Å². The lowest BCUT2D eigenvalue weighted by molar-refractivity contribution is 0.0954. The normalized spacial score (nSPS) is 9.71. The first-order valence-corrected chi connectivity index (χ1v) is 5.42. The van der Waals surface area contributed by atoms with Crippen LogP contribution < -0.4 is 5.32 Å². The van der Waals surface area contributed by atoms with E-state index >= 15 is 0 Å². The average molecular weight is 227 g/mol. The van der Waals surface area contributed by atoms with Crippen LogP contribution in [0.4, 0.5) is 0 Å². The fraction of sp³-hybridized carbons (Fsp3) is 0.231. The van der Waals surface area contributed by atoms with Gasteiger partial charge in [-0.05, 0) is 25.1 Å². The van der Waals surface area contributed by atoms with Crippen molar-refractivity contribution in [1.82, 2.24) is 15.3 Å². The number of rotatable bonds is 3. The summed E-state index contributed by atoms with van der Waals surface area (Å²) < 4.78 is 0. The summed E-state index contributed by atoms with van der Waals surface area (Å²) in [5.41, 5.74) is 2.36. The minimum Gasteiger partial charge on any atom is -0.351 e. The summed E-state index contributed by atoms with van der Waals surface area (Å²) in [6.45, 7) is 2.36. The highest BCUT2D eigenvalue weighted by Gasteiger charge is 2.05. The zero-order valence-electron chi connectivity index (χ0n) is 9.58. The molecule has 0 saturated heterocycles. The van der Waals surface area contributed by atoms with Crippen LogP contribution in [0.1, 0.15) is 23.7 Å². The summed E-state index contributed by atoms with van der Waals surface area (Å²) in [6, 6.07) is 5.39. The van der Waals surface area contributed by atoms with Gasteiger partial charge in [0.05, 0.1) is 17.4 Å². The Bertz CT molecular complexity index is 589. The number of aromatic amines is 1. The Hall–Kier alpha value is -2.28. The summed E-state index contributed by atoms with van der Waals surface area (Å²) in [4.78, 5) is 18.9. The van der Waals surface area contributed by atoms with Crippen molar-refractivity contribution in [2.75, 3.05) is 6.54 Å². The van der Waals surface area contributed by atoms with E-state index in [4.69, 9.17) is 0 Å². The maximum absolute atomic E-state index is 11.8. The Balaban J connectivity index is 2.04. The van der Waals surface area contributed by atoms with E-state index in [0.29, 0.717) is 18.5 Å². The minimum atomic E-state index is -0.0839. The molecule has 2 aromatic rings. The number of carbonyl (C=O) groups excluding carboxylic acids is 1. The van der Waals surface area contributed by atoms with E-state index in [2.05, 4.69) is 27.1 Å². The first-order chi connectivity index (χ1) is 8.31. The molecule has 0 aliphatic heterocycles. The number of nitrogens with one attached hydrogen (secondary N) is 2. The summed E-state index contributed by atoms with van der Waals surface area (Å²) in [5, 5.41) is 2.81. The number of imidazole rings is 1. The predicted octanol–water partition coefficient (Wildman–Crippen LogP) is 1.71. The Kier molecular flexibility index (Phi) is 3.41. The molecule has 17 heavy (non-hydrogen) atoms. The van der Waals surface area contributed by atoms with Crippen LogP contribution in [0.15, 0.2) is 24.5 Å². The van der Waals surface area contributed by atoms with Crippen molar-refractivity contribution in [3.05, 3.63) is 30.1 Å². The maximum Gasteiger partial charge on any atom is 0.251 e. The molecule has 4 heteroatoms. The second-order valence-corrected chi connectivity index (χ2v) is 3.57. The van der Waals surface area contributed by atoms with Gasteiger partial charge in [-0.25, -0.2) is 4.98 Å². The van der Waals surface area contributed by atoms with Crippen LogP contribution in [-0.2, 0) is 0 Å². The van der Waals surface area contributed by atoms with Gasteiger partial charge >= 0.3 is 0 Å². The topological polar surface area (TPSA) is 57.8 Å². The third kappa shape index (κ3) is 2.64. The number of hydrogen-bond donors (Lipinski definition) is 2. The van der Waals surface area contributed by atoms with Crippen LogP contribution >= 0.6 is 0 Å². The lowest BCUT2D eigenvalue weighted by Crippen LogP contribution is -2.24. The highest BCUT2D eigenvalue weighted by atomic mass is 16.1. The van der Waals surface area contributed by atoms with E-state index in [9.17, 15) is 4.79 Å². The molecule has 4 nitrogen and oxygen atoms in total. The summed E-state index contributed by atoms with van der Waals surface area (Å²) >= 11 is 0. The molecule has 1 aromatic carbocycles. The molecular weight excluding hydrogens is 214 g/mol. The molecule has 0 saturated carbocycles. The second-order valence-electron chi connectivity index (χ2n) is 3.57. The molecular formula is C13H13N3O. The number of H-pyrrole nitrogens is 1. The zero-order chi connectivity index (χ0) is 12.1. The molecule has 0 bridgehead atoms. The molecule has 0 atom stereocenters. The van der Waals surface area contributed by atoms with Gasteiger partial charge in [0.2, 0.25) is 0 Å². The van der Waals surface area contributed by atoms with Gasteiger partial charge in [-0.3, -0.25) is 4.79 Å². The molecule has 2 rings (SSSR count). The largest absolute Gasteiger partial charge is 0.351 e. The van der Waals surface area contributed by atoms with Gasteiger partial charge in [0.15, 0.2) is 0 Å². The van der Waals surface area contributed by atoms with Crippen molar-refractivity contribution in [2.45, 2.75) is 13.3 Å². The Morgan fingerprint density at radius 1 is 1.53 bits per heavy atom. The minimum absolute atomic E-state index is 0.0839. The molecule has 2 N–H and O–H groups in total. The second kappa shape index (κ2) is 5.17. The molecule has 0 fully saturated rings. The Labute approximate surface area is 99.4 Å². The lowest BCUT2D eigenvalue weighted by Gasteiger charge is -2.02. The van der Waals surface area contributed by atoms with Crippen molar-refractivity contribution < 1.29 is 4.79 Å². The molecule has 0 unspecified atom stereocenters. The number of amides is 1. The fourth-order valence-electron chi connectivity index (χ4n) is 1.54. The van der Waals surface area contributed by atoms with E-state index in [1.54, 1.807) is 25.4 Å². The van der Waals surface area contributed by atoms with Crippen LogP contribution in [0.2, 0.25) is 0 Å². The first kappa shape index (κ1) is 11.2. The van der Waals surface area contributed by atoms with Gasteiger partial charge in [0.1, 0.15) is 0 Å². The highest BCUT2D eigenvalue weighted by molar-refractivity contribution is 5.97. The van der Waals surface area contributed by atoms with Crippen molar-refractivity contribution >= 4 is 16.9 Å². The van der Waals surface area contributed by atoms with Crippen molar-refractivity contribution in [3.63, 3.8) is 0 Å². The van der Waals surface area contributed by atoms with E-state index in [1.807, 2.05) is 6.07 Å². The quantitative estimate of drug-likeness (QED) is 0.619. The fourth-order valence-corrected chi connectivity index (χ4v) is 1.54. The third-order valence-electron chi connectivity index (χ3n) is 2.39. The van der Waals surface area contributed by atoms with Crippen molar-refractivity contribution in [2.24, 2.45) is 0 Å². The number of aromatic nitrogens is 2. The molecule has 0 radical (unpaired) electrons. The van der Waals surface area contributed by atoms with Gasteiger partial charge < -0.3 is 10.3 Å². The number of benzene rings is 1. The Morgan fingerprint density at radius 3 is 3.24 bits per heavy atom. The Morgan fingerprint density at radius 2 is 2.41 bits per heavy atom. The van der Waals surface area contributed by atoms with Crippen LogP contribution in [0, 0.1) is 11.8 Å². The number of nitrogens with zero attached hydrogens (tertiary/aromatic N) is 1. The molecule has 0 spiro atoms. The standard InChI is InChI=1S/C13H13N3O/c1-2-3-4-7-14-13(17)10-5-6-11-12(8-10)16-9-15-11/h5-6,8-9H,4,7H2,1H3,(H,14,17)(H,15,16). The average Bonchev–Trinajstić information content (AvgIpc) is 2.81. The van der Waals surface area contributed by atoms with E-state index in [-0.39, 0.29) is 5.91 Å². The molecule has 1 amide bonds. The number of carbonyl (C=O) groups is 1. The summed E-state index contributed by atoms with van der Waals surface area (Å²) in [6.07, 6.45) is 2.29. The first-order valence-electron chi connectivity index (χ1n) is 5.42. The van der Waals surface area contributed by atoms with E-state index in [1.165, 1.54) is 0 Å². The van der Waals surface area contributed by atoms with Gasteiger partial charge in [-0.15, -0.1) is 11.8 Å². The maximum atomic E-state index is 11.8. The highest BCUT2D eigenvalue weighted by Crippen LogP contribution is 2.11. The number of hydrogen-bond acceptors (Lipinski definition) is 2. The van der Waals surface area contributed by atoms with Crippen LogP contribution in [0.5, 0.6) is 0 Å². The van der Waals surface area contributed by atoms with Gasteiger partial charge in [-0.2, -0.15) is 0 Å². The van der Waals surface area contributed by atoms with Crippen molar-refractivity contribution in [1.29, 1.82) is 0 Å². The van der Waals surface area contributed by atoms with Crippen molar-refractivity contribution in [3.8, 4) is 11.8 Å². The molecule has 86 valence electrons. The molecule has 0 aliphatic rings. The smallest absolute Gasteiger partial charge is 0.251 e. The number of fused-ring (bicyclic) bond motifs is 1. The monoisotopic (exact) mass is 227 g/mol. The zero-order valence-corrected chi connectivity index (χ0v) is 9.58.